The van der Waals surface area contributed by atoms with E-state index in [-0.39, 0.29) is 12.2 Å². The summed E-state index contributed by atoms with van der Waals surface area (Å²) in [6, 6.07) is 0. The van der Waals surface area contributed by atoms with Gasteiger partial charge in [-0.15, -0.1) is 0 Å². The third-order valence-electron chi connectivity index (χ3n) is 4.80. The molecule has 0 aliphatic carbocycles. The summed E-state index contributed by atoms with van der Waals surface area (Å²) in [4.78, 5) is 0. The Kier molecular flexibility index (Phi) is 16.2. The Morgan fingerprint density at radius 1 is 0.458 bits per heavy atom. The SMILES string of the molecule is CCCCCC(O)CCCC(O)C(O)CCCC(O)CCCCC. The molecule has 0 radical (unpaired) electrons. The van der Waals surface area contributed by atoms with Gasteiger partial charge in [-0.1, -0.05) is 52.4 Å². The molecule has 0 heterocycles. The van der Waals surface area contributed by atoms with Crippen LogP contribution in [-0.2, 0) is 0 Å². The molecule has 4 atom stereocenters. The lowest BCUT2D eigenvalue weighted by molar-refractivity contribution is 0.00316. The van der Waals surface area contributed by atoms with Crippen LogP contribution in [0.5, 0.6) is 0 Å². The minimum Gasteiger partial charge on any atom is -0.393 e. The zero-order chi connectivity index (χ0) is 18.2. The predicted molar refractivity (Wildman–Crippen MR) is 100 cm³/mol. The van der Waals surface area contributed by atoms with E-state index in [0.717, 1.165) is 64.2 Å². The maximum atomic E-state index is 9.99. The van der Waals surface area contributed by atoms with Crippen molar-refractivity contribution in [1.29, 1.82) is 0 Å². The molecule has 0 saturated carbocycles. The molecule has 0 aromatic rings. The molecule has 0 aromatic carbocycles. The predicted octanol–water partition coefficient (Wildman–Crippen LogP) is 3.93. The van der Waals surface area contributed by atoms with Gasteiger partial charge in [0.15, 0.2) is 0 Å². The molecule has 0 spiro atoms. The number of hydrogen-bond donors (Lipinski definition) is 4. The lowest BCUT2D eigenvalue weighted by atomic mass is 9.98. The standard InChI is InChI=1S/C20H42O4/c1-3-5-7-11-17(21)13-9-15-19(23)20(24)16-10-14-18(22)12-8-6-4-2/h17-24H,3-16H2,1-2H3. The third kappa shape index (κ3) is 14.2. The molecule has 0 rings (SSSR count). The smallest absolute Gasteiger partial charge is 0.0799 e. The number of rotatable bonds is 17. The number of aliphatic hydroxyl groups excluding tert-OH is 4. The maximum absolute atomic E-state index is 9.99. The highest BCUT2D eigenvalue weighted by Crippen LogP contribution is 2.16. The summed E-state index contributed by atoms with van der Waals surface area (Å²) < 4.78 is 0. The van der Waals surface area contributed by atoms with Gasteiger partial charge < -0.3 is 20.4 Å². The summed E-state index contributed by atoms with van der Waals surface area (Å²) in [5, 5.41) is 39.7. The van der Waals surface area contributed by atoms with Crippen LogP contribution in [0.25, 0.3) is 0 Å². The van der Waals surface area contributed by atoms with Crippen LogP contribution in [0.1, 0.15) is 104 Å². The molecule has 24 heavy (non-hydrogen) atoms. The molecule has 146 valence electrons. The van der Waals surface area contributed by atoms with Crippen LogP contribution < -0.4 is 0 Å². The van der Waals surface area contributed by atoms with Gasteiger partial charge in [0, 0.05) is 0 Å². The minimum absolute atomic E-state index is 0.279. The van der Waals surface area contributed by atoms with Gasteiger partial charge in [0.25, 0.3) is 0 Å². The van der Waals surface area contributed by atoms with E-state index in [4.69, 9.17) is 0 Å². The van der Waals surface area contributed by atoms with Gasteiger partial charge >= 0.3 is 0 Å². The van der Waals surface area contributed by atoms with Gasteiger partial charge in [0.05, 0.1) is 24.4 Å². The zero-order valence-corrected chi connectivity index (χ0v) is 16.0. The van der Waals surface area contributed by atoms with E-state index >= 15 is 0 Å². The van der Waals surface area contributed by atoms with Crippen LogP contribution in [-0.4, -0.2) is 44.8 Å². The first-order valence-electron chi connectivity index (χ1n) is 10.2. The average molecular weight is 347 g/mol. The van der Waals surface area contributed by atoms with E-state index in [2.05, 4.69) is 13.8 Å². The normalized spacial score (nSPS) is 16.8. The van der Waals surface area contributed by atoms with Crippen molar-refractivity contribution in [2.24, 2.45) is 0 Å². The van der Waals surface area contributed by atoms with E-state index in [1.807, 2.05) is 0 Å². The Hall–Kier alpha value is -0.160. The first-order chi connectivity index (χ1) is 11.5. The summed E-state index contributed by atoms with van der Waals surface area (Å²) in [7, 11) is 0. The molecule has 4 nitrogen and oxygen atoms in total. The van der Waals surface area contributed by atoms with E-state index in [1.54, 1.807) is 0 Å². The fraction of sp³-hybridized carbons (Fsp3) is 1.00. The van der Waals surface area contributed by atoms with E-state index in [9.17, 15) is 20.4 Å². The quantitative estimate of drug-likeness (QED) is 0.301. The number of hydrogen-bond acceptors (Lipinski definition) is 4. The summed E-state index contributed by atoms with van der Waals surface area (Å²) in [6.07, 6.45) is 10.4. The van der Waals surface area contributed by atoms with Crippen molar-refractivity contribution < 1.29 is 20.4 Å². The highest BCUT2D eigenvalue weighted by Gasteiger charge is 2.17. The average Bonchev–Trinajstić information content (AvgIpc) is 2.55. The molecule has 0 aliphatic heterocycles. The van der Waals surface area contributed by atoms with Gasteiger partial charge in [0.2, 0.25) is 0 Å². The summed E-state index contributed by atoms with van der Waals surface area (Å²) >= 11 is 0. The van der Waals surface area contributed by atoms with E-state index < -0.39 is 12.2 Å². The van der Waals surface area contributed by atoms with E-state index in [1.165, 1.54) is 0 Å². The fourth-order valence-electron chi connectivity index (χ4n) is 3.06. The van der Waals surface area contributed by atoms with Gasteiger partial charge in [0.1, 0.15) is 0 Å². The second-order valence-electron chi connectivity index (χ2n) is 7.30. The molecule has 0 fully saturated rings. The van der Waals surface area contributed by atoms with E-state index in [0.29, 0.717) is 25.7 Å². The van der Waals surface area contributed by atoms with Gasteiger partial charge in [-0.25, -0.2) is 0 Å². The minimum atomic E-state index is -0.718. The first-order valence-corrected chi connectivity index (χ1v) is 10.2. The van der Waals surface area contributed by atoms with Gasteiger partial charge in [-0.2, -0.15) is 0 Å². The second-order valence-corrected chi connectivity index (χ2v) is 7.30. The van der Waals surface area contributed by atoms with Crippen molar-refractivity contribution >= 4 is 0 Å². The molecule has 0 bridgehead atoms. The topological polar surface area (TPSA) is 80.9 Å². The lowest BCUT2D eigenvalue weighted by Crippen LogP contribution is -2.26. The Labute approximate surface area is 149 Å². The maximum Gasteiger partial charge on any atom is 0.0799 e. The largest absolute Gasteiger partial charge is 0.393 e. The summed E-state index contributed by atoms with van der Waals surface area (Å²) in [5.74, 6) is 0. The molecule has 4 heteroatoms. The van der Waals surface area contributed by atoms with Crippen molar-refractivity contribution in [2.75, 3.05) is 0 Å². The third-order valence-corrected chi connectivity index (χ3v) is 4.80. The number of aliphatic hydroxyl groups is 4. The Morgan fingerprint density at radius 2 is 0.792 bits per heavy atom. The number of unbranched alkanes of at least 4 members (excludes halogenated alkanes) is 4. The molecular formula is C20H42O4. The molecule has 4 N–H and O–H groups in total. The van der Waals surface area contributed by atoms with Crippen LogP contribution in [0.15, 0.2) is 0 Å². The Balaban J connectivity index is 3.63. The molecular weight excluding hydrogens is 304 g/mol. The zero-order valence-electron chi connectivity index (χ0n) is 16.0. The van der Waals surface area contributed by atoms with Crippen molar-refractivity contribution in [1.82, 2.24) is 0 Å². The van der Waals surface area contributed by atoms with Crippen LogP contribution in [0.2, 0.25) is 0 Å². The second kappa shape index (κ2) is 16.3. The molecule has 4 unspecified atom stereocenters. The Bertz CT molecular complexity index is 234. The van der Waals surface area contributed by atoms with Crippen LogP contribution in [0.4, 0.5) is 0 Å². The summed E-state index contributed by atoms with van der Waals surface area (Å²) in [6.45, 7) is 4.29. The van der Waals surface area contributed by atoms with Crippen molar-refractivity contribution in [3.8, 4) is 0 Å². The van der Waals surface area contributed by atoms with Crippen LogP contribution >= 0.6 is 0 Å². The highest BCUT2D eigenvalue weighted by atomic mass is 16.3. The molecule has 0 saturated heterocycles. The van der Waals surface area contributed by atoms with Crippen molar-refractivity contribution in [3.05, 3.63) is 0 Å². The highest BCUT2D eigenvalue weighted by molar-refractivity contribution is 4.69. The monoisotopic (exact) mass is 346 g/mol. The van der Waals surface area contributed by atoms with Crippen LogP contribution in [0, 0.1) is 0 Å². The molecule has 0 aliphatic rings. The molecule has 0 aromatic heterocycles. The van der Waals surface area contributed by atoms with Crippen LogP contribution in [0.3, 0.4) is 0 Å². The fourth-order valence-corrected chi connectivity index (χ4v) is 3.06. The lowest BCUT2D eigenvalue weighted by Gasteiger charge is -2.19. The molecule has 0 amide bonds. The van der Waals surface area contributed by atoms with Crippen molar-refractivity contribution in [3.63, 3.8) is 0 Å². The van der Waals surface area contributed by atoms with Gasteiger partial charge in [-0.05, 0) is 51.4 Å². The summed E-state index contributed by atoms with van der Waals surface area (Å²) in [5.41, 5.74) is 0. The van der Waals surface area contributed by atoms with Gasteiger partial charge in [-0.3, -0.25) is 0 Å². The first kappa shape index (κ1) is 23.8. The van der Waals surface area contributed by atoms with Crippen molar-refractivity contribution in [2.45, 2.75) is 128 Å². The Morgan fingerprint density at radius 3 is 1.12 bits per heavy atom.